The van der Waals surface area contributed by atoms with Crippen LogP contribution < -0.4 is 5.32 Å². The van der Waals surface area contributed by atoms with Crippen molar-refractivity contribution in [1.29, 1.82) is 0 Å². The summed E-state index contributed by atoms with van der Waals surface area (Å²) < 4.78 is 39.1. The van der Waals surface area contributed by atoms with Crippen LogP contribution in [0.25, 0.3) is 0 Å². The predicted molar refractivity (Wildman–Crippen MR) is 88.7 cm³/mol. The van der Waals surface area contributed by atoms with Gasteiger partial charge in [0.2, 0.25) is 0 Å². The van der Waals surface area contributed by atoms with Gasteiger partial charge in [-0.2, -0.15) is 13.2 Å². The topological polar surface area (TPSA) is 42.0 Å². The molecule has 1 aromatic heterocycles. The molecule has 0 unspecified atom stereocenters. The molecule has 132 valence electrons. The molecule has 1 saturated carbocycles. The largest absolute Gasteiger partial charge is 0.434 e. The summed E-state index contributed by atoms with van der Waals surface area (Å²) in [4.78, 5) is 15.7. The molecule has 25 heavy (non-hydrogen) atoms. The van der Waals surface area contributed by atoms with Gasteiger partial charge in [0.15, 0.2) is 5.69 Å². The van der Waals surface area contributed by atoms with Gasteiger partial charge in [0.05, 0.1) is 5.56 Å². The van der Waals surface area contributed by atoms with E-state index in [2.05, 4.69) is 10.3 Å². The molecule has 1 N–H and O–H groups in total. The van der Waals surface area contributed by atoms with E-state index in [9.17, 15) is 18.0 Å². The number of benzene rings is 1. The lowest BCUT2D eigenvalue weighted by Gasteiger charge is -2.38. The Morgan fingerprint density at radius 1 is 1.28 bits per heavy atom. The van der Waals surface area contributed by atoms with Gasteiger partial charge in [-0.15, -0.1) is 0 Å². The van der Waals surface area contributed by atoms with E-state index in [4.69, 9.17) is 11.6 Å². The minimum atomic E-state index is -4.67. The normalized spacial score (nSPS) is 20.0. The first kappa shape index (κ1) is 17.7. The first-order chi connectivity index (χ1) is 11.8. The molecule has 1 aromatic carbocycles. The van der Waals surface area contributed by atoms with Crippen LogP contribution in [0.5, 0.6) is 0 Å². The quantitative estimate of drug-likeness (QED) is 0.850. The molecule has 3 rings (SSSR count). The number of halogens is 4. The van der Waals surface area contributed by atoms with Crippen molar-refractivity contribution in [2.75, 3.05) is 0 Å². The second-order valence-electron chi connectivity index (χ2n) is 6.16. The summed E-state index contributed by atoms with van der Waals surface area (Å²) in [5.41, 5.74) is 0.455. The number of rotatable bonds is 3. The number of aryl methyl sites for hydroxylation is 1. The molecule has 1 heterocycles. The predicted octanol–water partition coefficient (Wildman–Crippen LogP) is 4.74. The molecule has 0 radical (unpaired) electrons. The Labute approximate surface area is 148 Å². The van der Waals surface area contributed by atoms with Crippen LogP contribution in [0, 0.1) is 6.92 Å². The maximum Gasteiger partial charge on any atom is 0.434 e. The molecule has 2 aromatic rings. The number of amides is 1. The highest BCUT2D eigenvalue weighted by Crippen LogP contribution is 2.39. The molecule has 1 aliphatic carbocycles. The Balaban J connectivity index is 1.78. The summed E-state index contributed by atoms with van der Waals surface area (Å²) in [5.74, 6) is -0.672. The summed E-state index contributed by atoms with van der Waals surface area (Å²) >= 11 is 5.96. The molecule has 0 bridgehead atoms. The van der Waals surface area contributed by atoms with Crippen molar-refractivity contribution in [2.45, 2.75) is 37.9 Å². The van der Waals surface area contributed by atoms with Crippen LogP contribution in [0.2, 0.25) is 5.02 Å². The van der Waals surface area contributed by atoms with Crippen molar-refractivity contribution in [3.05, 3.63) is 63.9 Å². The molecule has 0 spiro atoms. The Bertz CT molecular complexity index is 807. The number of nitrogens with zero attached hydrogens (tertiary/aromatic N) is 1. The van der Waals surface area contributed by atoms with E-state index in [0.29, 0.717) is 5.02 Å². The number of carbonyl (C=O) groups excluding carboxylic acids is 1. The van der Waals surface area contributed by atoms with E-state index in [0.717, 1.165) is 36.2 Å². The monoisotopic (exact) mass is 368 g/mol. The number of pyridine rings is 1. The fourth-order valence-corrected chi connectivity index (χ4v) is 3.39. The third kappa shape index (κ3) is 3.63. The molecular weight excluding hydrogens is 353 g/mol. The molecule has 0 saturated heterocycles. The van der Waals surface area contributed by atoms with Gasteiger partial charge in [-0.3, -0.25) is 9.78 Å². The highest BCUT2D eigenvalue weighted by atomic mass is 35.5. The van der Waals surface area contributed by atoms with Crippen LogP contribution in [0.1, 0.15) is 45.9 Å². The SMILES string of the molecule is Cc1cc(Cl)ccc1[C@@H]1CC[C@@H]1NC(=O)c1cccnc1C(F)(F)F. The first-order valence-electron chi connectivity index (χ1n) is 7.86. The van der Waals surface area contributed by atoms with Gasteiger partial charge in [-0.25, -0.2) is 0 Å². The summed E-state index contributed by atoms with van der Waals surface area (Å²) in [5, 5.41) is 3.35. The number of hydrogen-bond acceptors (Lipinski definition) is 2. The van der Waals surface area contributed by atoms with Crippen molar-refractivity contribution in [3.63, 3.8) is 0 Å². The summed E-state index contributed by atoms with van der Waals surface area (Å²) in [6.07, 6.45) is -2.05. The molecule has 7 heteroatoms. The molecule has 0 aliphatic heterocycles. The zero-order valence-electron chi connectivity index (χ0n) is 13.4. The van der Waals surface area contributed by atoms with E-state index in [1.807, 2.05) is 19.1 Å². The molecule has 1 aliphatic rings. The average molecular weight is 369 g/mol. The lowest BCUT2D eigenvalue weighted by atomic mass is 9.73. The summed E-state index contributed by atoms with van der Waals surface area (Å²) in [6.45, 7) is 1.93. The number of hydrogen-bond donors (Lipinski definition) is 1. The van der Waals surface area contributed by atoms with Gasteiger partial charge in [0, 0.05) is 23.2 Å². The smallest absolute Gasteiger partial charge is 0.349 e. The van der Waals surface area contributed by atoms with Crippen molar-refractivity contribution in [3.8, 4) is 0 Å². The van der Waals surface area contributed by atoms with E-state index < -0.39 is 23.3 Å². The Kier molecular flexibility index (Phi) is 4.73. The zero-order valence-corrected chi connectivity index (χ0v) is 14.2. The average Bonchev–Trinajstić information content (AvgIpc) is 2.53. The van der Waals surface area contributed by atoms with Gasteiger partial charge >= 0.3 is 6.18 Å². The van der Waals surface area contributed by atoms with Gasteiger partial charge in [0.1, 0.15) is 0 Å². The number of nitrogens with one attached hydrogen (secondary N) is 1. The van der Waals surface area contributed by atoms with E-state index in [-0.39, 0.29) is 12.0 Å². The maximum absolute atomic E-state index is 13.0. The van der Waals surface area contributed by atoms with Gasteiger partial charge < -0.3 is 5.32 Å². The van der Waals surface area contributed by atoms with Crippen molar-refractivity contribution in [1.82, 2.24) is 10.3 Å². The third-order valence-electron chi connectivity index (χ3n) is 4.54. The standard InChI is InChI=1S/C18H16ClF3N2O/c1-10-9-11(19)4-5-12(10)13-6-7-15(13)24-17(25)14-3-2-8-23-16(14)18(20,21)22/h2-5,8-9,13,15H,6-7H2,1H3,(H,24,25)/t13-,15-/m0/s1. The number of aromatic nitrogens is 1. The van der Waals surface area contributed by atoms with Gasteiger partial charge in [0.25, 0.3) is 5.91 Å². The lowest BCUT2D eigenvalue weighted by molar-refractivity contribution is -0.141. The van der Waals surface area contributed by atoms with Gasteiger partial charge in [-0.1, -0.05) is 17.7 Å². The number of carbonyl (C=O) groups is 1. The number of alkyl halides is 3. The second-order valence-corrected chi connectivity index (χ2v) is 6.60. The summed E-state index contributed by atoms with van der Waals surface area (Å²) in [6, 6.07) is 7.80. The van der Waals surface area contributed by atoms with Crippen molar-refractivity contribution in [2.24, 2.45) is 0 Å². The van der Waals surface area contributed by atoms with Crippen LogP contribution in [0.3, 0.4) is 0 Å². The molecule has 1 fully saturated rings. The minimum Gasteiger partial charge on any atom is -0.349 e. The molecule has 3 nitrogen and oxygen atoms in total. The second kappa shape index (κ2) is 6.67. The molecular formula is C18H16ClF3N2O. The van der Waals surface area contributed by atoms with Crippen LogP contribution >= 0.6 is 11.6 Å². The molecule has 2 atom stereocenters. The zero-order chi connectivity index (χ0) is 18.2. The van der Waals surface area contributed by atoms with E-state index in [1.165, 1.54) is 6.07 Å². The fourth-order valence-electron chi connectivity index (χ4n) is 3.16. The van der Waals surface area contributed by atoms with Crippen LogP contribution in [0.15, 0.2) is 36.5 Å². The maximum atomic E-state index is 13.0. The third-order valence-corrected chi connectivity index (χ3v) is 4.78. The van der Waals surface area contributed by atoms with Crippen LogP contribution in [-0.2, 0) is 6.18 Å². The van der Waals surface area contributed by atoms with E-state index in [1.54, 1.807) is 6.07 Å². The minimum absolute atomic E-state index is 0.0761. The van der Waals surface area contributed by atoms with Crippen molar-refractivity contribution < 1.29 is 18.0 Å². The Hall–Kier alpha value is -2.08. The van der Waals surface area contributed by atoms with Crippen molar-refractivity contribution >= 4 is 17.5 Å². The first-order valence-corrected chi connectivity index (χ1v) is 8.24. The van der Waals surface area contributed by atoms with Crippen LogP contribution in [0.4, 0.5) is 13.2 Å². The van der Waals surface area contributed by atoms with Crippen LogP contribution in [-0.4, -0.2) is 16.9 Å². The highest BCUT2D eigenvalue weighted by Gasteiger charge is 2.39. The summed E-state index contributed by atoms with van der Waals surface area (Å²) in [7, 11) is 0. The molecule has 1 amide bonds. The Morgan fingerprint density at radius 2 is 2.04 bits per heavy atom. The lowest BCUT2D eigenvalue weighted by Crippen LogP contribution is -2.46. The fraction of sp³-hybridized carbons (Fsp3) is 0.333. The highest BCUT2D eigenvalue weighted by molar-refractivity contribution is 6.30. The Morgan fingerprint density at radius 3 is 2.64 bits per heavy atom. The van der Waals surface area contributed by atoms with Gasteiger partial charge in [-0.05, 0) is 55.2 Å². The van der Waals surface area contributed by atoms with E-state index >= 15 is 0 Å².